The molecule has 14 heteroatoms. The summed E-state index contributed by atoms with van der Waals surface area (Å²) >= 11 is 3.21. The molecule has 3 saturated heterocycles. The highest BCUT2D eigenvalue weighted by Crippen LogP contribution is 2.43. The summed E-state index contributed by atoms with van der Waals surface area (Å²) in [5.74, 6) is -0.619. The normalized spacial score (nSPS) is 20.3. The monoisotopic (exact) mass is 852 g/mol. The highest BCUT2D eigenvalue weighted by Gasteiger charge is 2.63. The van der Waals surface area contributed by atoms with E-state index < -0.39 is 32.3 Å². The number of rotatable bonds is 4. The fraction of sp³-hybridized carbons (Fsp3) is 0.409. The second-order valence-corrected chi connectivity index (χ2v) is 18.5. The molecule has 3 aliphatic heterocycles. The molecule has 0 atom stereocenters. The van der Waals surface area contributed by atoms with Crippen LogP contribution in [0.15, 0.2) is 89.4 Å². The molecule has 0 bridgehead atoms. The van der Waals surface area contributed by atoms with Gasteiger partial charge in [-0.05, 0) is 142 Å². The van der Waals surface area contributed by atoms with Gasteiger partial charge in [0, 0.05) is 15.6 Å². The summed E-state index contributed by atoms with van der Waals surface area (Å²) in [5, 5.41) is 17.5. The Balaban J connectivity index is 0.000000170. The van der Waals surface area contributed by atoms with E-state index in [-0.39, 0.29) is 34.0 Å². The number of hydrogen-bond donors (Lipinski definition) is 0. The van der Waals surface area contributed by atoms with Crippen LogP contribution in [0.1, 0.15) is 94.2 Å². The van der Waals surface area contributed by atoms with E-state index in [0.29, 0.717) is 32.2 Å². The van der Waals surface area contributed by atoms with Crippen LogP contribution in [-0.2, 0) is 27.9 Å². The van der Waals surface area contributed by atoms with Crippen molar-refractivity contribution in [2.45, 2.75) is 117 Å². The summed E-state index contributed by atoms with van der Waals surface area (Å²) < 4.78 is 64.7. The van der Waals surface area contributed by atoms with Gasteiger partial charge in [0.05, 0.1) is 56.9 Å². The third kappa shape index (κ3) is 9.61. The zero-order valence-electron chi connectivity index (χ0n) is 35.3. The van der Waals surface area contributed by atoms with Crippen LogP contribution < -0.4 is 5.46 Å². The lowest BCUT2D eigenvalue weighted by Crippen LogP contribution is -2.41. The molecular weight excluding hydrogens is 803 g/mol. The van der Waals surface area contributed by atoms with Crippen LogP contribution >= 0.6 is 15.9 Å². The molecular formula is C44H50B3BrF2N2O6. The third-order valence-corrected chi connectivity index (χ3v) is 12.4. The lowest BCUT2D eigenvalue weighted by atomic mass is 9.49. The van der Waals surface area contributed by atoms with Crippen LogP contribution in [0.4, 0.5) is 8.78 Å². The number of halogens is 3. The van der Waals surface area contributed by atoms with Crippen LogP contribution in [0.25, 0.3) is 22.3 Å². The van der Waals surface area contributed by atoms with Gasteiger partial charge >= 0.3 is 21.1 Å². The number of nitrogens with zero attached hydrogens (tertiary/aromatic N) is 2. The molecule has 302 valence electrons. The molecule has 0 aromatic heterocycles. The average molecular weight is 853 g/mol. The van der Waals surface area contributed by atoms with Gasteiger partial charge in [0.15, 0.2) is 0 Å². The first kappa shape index (κ1) is 45.2. The van der Waals surface area contributed by atoms with Crippen molar-refractivity contribution in [2.24, 2.45) is 0 Å². The third-order valence-electron chi connectivity index (χ3n) is 11.9. The molecule has 4 aromatic rings. The second-order valence-electron chi connectivity index (χ2n) is 17.6. The number of benzene rings is 4. The Kier molecular flexibility index (Phi) is 13.0. The average Bonchev–Trinajstić information content (AvgIpc) is 3.61. The molecule has 0 N–H and O–H groups in total. The molecule has 3 heterocycles. The summed E-state index contributed by atoms with van der Waals surface area (Å²) in [5.41, 5.74) is 1.94. The van der Waals surface area contributed by atoms with E-state index in [4.69, 9.17) is 38.4 Å². The van der Waals surface area contributed by atoms with Crippen molar-refractivity contribution in [3.05, 3.63) is 112 Å². The highest BCUT2D eigenvalue weighted by atomic mass is 79.9. The molecule has 3 fully saturated rings. The SMILES string of the molecule is CC1(C)OB(B2OC(C)(C)C(C)(C)O2)OC1(C)C.CC1(C)OB(c2ccc(-c3ccc(C#N)cc3)c(F)c2)OC1(C)C.N#Cc1ccc(-c2ccc(Br)cc2F)cc1. The first-order valence-corrected chi connectivity index (χ1v) is 19.9. The first-order valence-electron chi connectivity index (χ1n) is 19.1. The Hall–Kier alpha value is -3.85. The van der Waals surface area contributed by atoms with Crippen molar-refractivity contribution in [3.8, 4) is 34.4 Å². The Morgan fingerprint density at radius 2 is 0.793 bits per heavy atom. The zero-order chi connectivity index (χ0) is 43.1. The maximum Gasteiger partial charge on any atom is 0.494 e. The van der Waals surface area contributed by atoms with E-state index in [1.165, 1.54) is 12.1 Å². The molecule has 7 rings (SSSR count). The highest BCUT2D eigenvalue weighted by molar-refractivity contribution is 9.10. The molecule has 58 heavy (non-hydrogen) atoms. The van der Waals surface area contributed by atoms with Crippen molar-refractivity contribution in [1.29, 1.82) is 10.5 Å². The van der Waals surface area contributed by atoms with Gasteiger partial charge < -0.3 is 27.9 Å². The smallest absolute Gasteiger partial charge is 0.405 e. The lowest BCUT2D eigenvalue weighted by molar-refractivity contribution is 0.00578. The predicted octanol–water partition coefficient (Wildman–Crippen LogP) is 10.0. The molecule has 0 aliphatic carbocycles. The van der Waals surface area contributed by atoms with E-state index in [1.54, 1.807) is 66.7 Å². The molecule has 3 aliphatic rings. The van der Waals surface area contributed by atoms with Gasteiger partial charge in [-0.3, -0.25) is 0 Å². The van der Waals surface area contributed by atoms with Gasteiger partial charge in [-0.2, -0.15) is 10.5 Å². The summed E-state index contributed by atoms with van der Waals surface area (Å²) in [4.78, 5) is 0. The molecule has 0 unspecified atom stereocenters. The topological polar surface area (TPSA) is 103 Å². The summed E-state index contributed by atoms with van der Waals surface area (Å²) in [6.07, 6.45) is 0. The van der Waals surface area contributed by atoms with Gasteiger partial charge in [-0.1, -0.05) is 58.4 Å². The molecule has 0 amide bonds. The largest absolute Gasteiger partial charge is 0.494 e. The van der Waals surface area contributed by atoms with Gasteiger partial charge in [-0.25, -0.2) is 8.78 Å². The van der Waals surface area contributed by atoms with Crippen LogP contribution in [-0.4, -0.2) is 54.7 Å². The minimum Gasteiger partial charge on any atom is -0.405 e. The maximum atomic E-state index is 14.6. The Morgan fingerprint density at radius 1 is 0.466 bits per heavy atom. The Bertz CT molecular complexity index is 2120. The quantitative estimate of drug-likeness (QED) is 0.187. The Morgan fingerprint density at radius 3 is 1.12 bits per heavy atom. The zero-order valence-corrected chi connectivity index (χ0v) is 36.9. The number of hydrogen-bond acceptors (Lipinski definition) is 8. The molecule has 8 nitrogen and oxygen atoms in total. The van der Waals surface area contributed by atoms with E-state index in [2.05, 4.69) is 22.0 Å². The van der Waals surface area contributed by atoms with Gasteiger partial charge in [0.1, 0.15) is 11.6 Å². The molecule has 0 radical (unpaired) electrons. The molecule has 4 aromatic carbocycles. The van der Waals surface area contributed by atoms with Crippen LogP contribution in [0.2, 0.25) is 0 Å². The first-order chi connectivity index (χ1) is 26.8. The fourth-order valence-corrected chi connectivity index (χ4v) is 6.40. The van der Waals surface area contributed by atoms with Gasteiger partial charge in [0.25, 0.3) is 0 Å². The molecule has 0 saturated carbocycles. The van der Waals surface area contributed by atoms with Crippen LogP contribution in [0, 0.1) is 34.3 Å². The van der Waals surface area contributed by atoms with Crippen LogP contribution in [0.3, 0.4) is 0 Å². The van der Waals surface area contributed by atoms with Crippen molar-refractivity contribution in [2.75, 3.05) is 0 Å². The minimum absolute atomic E-state index is 0.279. The standard InChI is InChI=1S/C19H19BFNO2.C13H7BrFN.C12H24B2O4/c1-18(2)19(3,4)24-20(23-18)15-9-10-16(17(21)11-15)14-7-5-13(12-22)6-8-14;14-11-5-6-12(13(15)7-11)10-3-1-9(8-16)2-4-10;1-9(2)10(3,4)16-13(15-9)14-17-11(5,6)12(7,8)18-14/h5-11H,1-4H3;1-7H;1-8H3. The number of nitriles is 2. The minimum atomic E-state index is -0.584. The summed E-state index contributed by atoms with van der Waals surface area (Å²) in [6, 6.07) is 27.7. The van der Waals surface area contributed by atoms with Gasteiger partial charge in [0.2, 0.25) is 0 Å². The van der Waals surface area contributed by atoms with Crippen LogP contribution in [0.5, 0.6) is 0 Å². The van der Waals surface area contributed by atoms with E-state index in [1.807, 2.05) is 95.2 Å². The Labute approximate surface area is 351 Å². The predicted molar refractivity (Wildman–Crippen MR) is 229 cm³/mol. The van der Waals surface area contributed by atoms with Crippen molar-refractivity contribution < 1.29 is 36.7 Å². The summed E-state index contributed by atoms with van der Waals surface area (Å²) in [7, 11) is -1.54. The van der Waals surface area contributed by atoms with Crippen molar-refractivity contribution in [3.63, 3.8) is 0 Å². The lowest BCUT2D eigenvalue weighted by Gasteiger charge is -2.32. The van der Waals surface area contributed by atoms with Crippen molar-refractivity contribution in [1.82, 2.24) is 0 Å². The molecule has 0 spiro atoms. The van der Waals surface area contributed by atoms with E-state index in [9.17, 15) is 8.78 Å². The second kappa shape index (κ2) is 16.7. The summed E-state index contributed by atoms with van der Waals surface area (Å²) in [6.45, 7) is 24.1. The maximum absolute atomic E-state index is 14.6. The van der Waals surface area contributed by atoms with E-state index in [0.717, 1.165) is 11.1 Å². The van der Waals surface area contributed by atoms with Gasteiger partial charge in [-0.15, -0.1) is 0 Å². The fourth-order valence-electron chi connectivity index (χ4n) is 6.06. The van der Waals surface area contributed by atoms with Crippen molar-refractivity contribution >= 4 is 42.5 Å². The van der Waals surface area contributed by atoms with E-state index >= 15 is 0 Å².